The maximum Gasteiger partial charge on any atom is 0.281 e. The Morgan fingerprint density at radius 1 is 1.09 bits per heavy atom. The normalized spacial score (nSPS) is 21.7. The van der Waals surface area contributed by atoms with Crippen LogP contribution in [0, 0.1) is 22.7 Å². The lowest BCUT2D eigenvalue weighted by molar-refractivity contribution is -0.123. The van der Waals surface area contributed by atoms with Crippen LogP contribution in [0.5, 0.6) is 5.88 Å². The Labute approximate surface area is 273 Å². The van der Waals surface area contributed by atoms with Gasteiger partial charge in [-0.2, -0.15) is 8.42 Å². The molecule has 1 amide bonds. The quantitative estimate of drug-likeness (QED) is 0.179. The van der Waals surface area contributed by atoms with E-state index < -0.39 is 15.9 Å². The summed E-state index contributed by atoms with van der Waals surface area (Å²) in [5.41, 5.74) is 0.604. The number of carbonyl (C=O) groups excluding carboxylic acids is 2. The molecule has 3 saturated carbocycles. The SMILES string of the molecule is CC1(C)C[C@H](CCCNc2cccc(S(=O)(=O)NC(=O)c3ccc(-n4ccc(OCC(=O)C5C6(CC6)C56CC6)n4)nc3Cl)n2)CN1. The van der Waals surface area contributed by atoms with Crippen LogP contribution in [-0.4, -0.2) is 65.1 Å². The predicted molar refractivity (Wildman–Crippen MR) is 170 cm³/mol. The molecule has 14 heteroatoms. The van der Waals surface area contributed by atoms with Crippen molar-refractivity contribution in [3.63, 3.8) is 0 Å². The topological polar surface area (TPSA) is 157 Å². The van der Waals surface area contributed by atoms with Crippen molar-refractivity contribution in [3.8, 4) is 11.7 Å². The zero-order valence-corrected chi connectivity index (χ0v) is 27.5. The van der Waals surface area contributed by atoms with Crippen molar-refractivity contribution in [3.05, 3.63) is 53.3 Å². The van der Waals surface area contributed by atoms with E-state index in [1.807, 2.05) is 4.72 Å². The van der Waals surface area contributed by atoms with E-state index in [1.54, 1.807) is 24.4 Å². The number of hydrogen-bond donors (Lipinski definition) is 3. The van der Waals surface area contributed by atoms with Gasteiger partial charge in [-0.15, -0.1) is 5.10 Å². The smallest absolute Gasteiger partial charge is 0.281 e. The number of amides is 1. The fraction of sp³-hybridized carbons (Fsp3) is 0.531. The molecule has 12 nitrogen and oxygen atoms in total. The van der Waals surface area contributed by atoms with E-state index in [-0.39, 0.29) is 62.1 Å². The molecule has 3 N–H and O–H groups in total. The highest BCUT2D eigenvalue weighted by atomic mass is 35.5. The van der Waals surface area contributed by atoms with E-state index in [0.29, 0.717) is 18.3 Å². The summed E-state index contributed by atoms with van der Waals surface area (Å²) in [6.07, 6.45) is 9.34. The van der Waals surface area contributed by atoms with Gasteiger partial charge in [-0.1, -0.05) is 17.7 Å². The van der Waals surface area contributed by atoms with Gasteiger partial charge in [0.2, 0.25) is 5.88 Å². The first kappa shape index (κ1) is 31.1. The molecule has 3 aromatic heterocycles. The molecule has 1 atom stereocenters. The second-order valence-electron chi connectivity index (χ2n) is 13.8. The lowest BCUT2D eigenvalue weighted by Crippen LogP contribution is -2.31. The first-order valence-electron chi connectivity index (χ1n) is 15.8. The highest BCUT2D eigenvalue weighted by molar-refractivity contribution is 7.90. The lowest BCUT2D eigenvalue weighted by Gasteiger charge is -2.17. The van der Waals surface area contributed by atoms with Crippen molar-refractivity contribution >= 4 is 39.1 Å². The van der Waals surface area contributed by atoms with Gasteiger partial charge in [0, 0.05) is 30.3 Å². The Morgan fingerprint density at radius 2 is 1.85 bits per heavy atom. The number of ether oxygens (including phenoxy) is 1. The minimum Gasteiger partial charge on any atom is -0.469 e. The van der Waals surface area contributed by atoms with E-state index >= 15 is 0 Å². The number of halogens is 1. The van der Waals surface area contributed by atoms with Crippen LogP contribution in [0.1, 0.15) is 69.2 Å². The summed E-state index contributed by atoms with van der Waals surface area (Å²) in [5.74, 6) is 0.926. The van der Waals surface area contributed by atoms with Crippen LogP contribution in [0.4, 0.5) is 5.82 Å². The number of carbonyl (C=O) groups is 2. The maximum atomic E-state index is 13.0. The average molecular weight is 668 g/mol. The molecule has 46 heavy (non-hydrogen) atoms. The molecule has 3 aliphatic carbocycles. The third kappa shape index (κ3) is 5.88. The zero-order chi connectivity index (χ0) is 32.3. The minimum absolute atomic E-state index is 0.0161. The number of nitrogens with zero attached hydrogens (tertiary/aromatic N) is 4. The molecule has 3 aromatic rings. The van der Waals surface area contributed by atoms with Crippen molar-refractivity contribution in [2.24, 2.45) is 22.7 Å². The highest BCUT2D eigenvalue weighted by Crippen LogP contribution is 2.92. The molecule has 4 heterocycles. The van der Waals surface area contributed by atoms with Crippen LogP contribution in [0.25, 0.3) is 5.82 Å². The Kier molecular flexibility index (Phi) is 7.64. The first-order chi connectivity index (χ1) is 21.9. The molecule has 1 aliphatic heterocycles. The number of hydrogen-bond acceptors (Lipinski definition) is 10. The Hall–Kier alpha value is -3.55. The molecule has 0 unspecified atom stereocenters. The summed E-state index contributed by atoms with van der Waals surface area (Å²) in [4.78, 5) is 34.1. The van der Waals surface area contributed by atoms with Crippen LogP contribution in [0.3, 0.4) is 0 Å². The Morgan fingerprint density at radius 3 is 2.52 bits per heavy atom. The average Bonchev–Trinajstić information content (AvgIpc) is 3.97. The van der Waals surface area contributed by atoms with Gasteiger partial charge in [0.15, 0.2) is 16.6 Å². The molecule has 244 valence electrons. The number of nitrogens with one attached hydrogen (secondary N) is 3. The summed E-state index contributed by atoms with van der Waals surface area (Å²) in [5, 5.41) is 10.5. The second kappa shape index (κ2) is 11.3. The zero-order valence-electron chi connectivity index (χ0n) is 25.9. The number of anilines is 1. The molecule has 7 rings (SSSR count). The third-order valence-corrected chi connectivity index (χ3v) is 11.7. The number of Topliss-reactive ketones (excluding diaryl/α,β-unsaturated/α-hetero) is 1. The number of fused-ring (bicyclic) bond motifs is 1. The molecule has 1 saturated heterocycles. The van der Waals surface area contributed by atoms with Gasteiger partial charge in [-0.05, 0) is 106 Å². The van der Waals surface area contributed by atoms with Crippen molar-refractivity contribution in [1.82, 2.24) is 29.8 Å². The number of sulfonamides is 1. The number of pyridine rings is 2. The van der Waals surface area contributed by atoms with Crippen LogP contribution in [0.2, 0.25) is 5.15 Å². The van der Waals surface area contributed by atoms with Gasteiger partial charge in [0.1, 0.15) is 17.6 Å². The van der Waals surface area contributed by atoms with Crippen molar-refractivity contribution in [2.75, 3.05) is 25.0 Å². The van der Waals surface area contributed by atoms with Gasteiger partial charge in [-0.25, -0.2) is 19.4 Å². The Bertz CT molecular complexity index is 1780. The van der Waals surface area contributed by atoms with Gasteiger partial charge < -0.3 is 15.4 Å². The van der Waals surface area contributed by atoms with Gasteiger partial charge in [0.25, 0.3) is 15.9 Å². The van der Waals surface area contributed by atoms with Gasteiger partial charge in [0.05, 0.1) is 5.56 Å². The first-order valence-corrected chi connectivity index (χ1v) is 17.7. The van der Waals surface area contributed by atoms with Crippen LogP contribution < -0.4 is 20.1 Å². The summed E-state index contributed by atoms with van der Waals surface area (Å²) >= 11 is 6.31. The van der Waals surface area contributed by atoms with Gasteiger partial charge >= 0.3 is 0 Å². The number of aromatic nitrogens is 4. The highest BCUT2D eigenvalue weighted by Gasteiger charge is 2.88. The molecular formula is C32H38ClN7O5S. The summed E-state index contributed by atoms with van der Waals surface area (Å²) < 4.78 is 35.2. The van der Waals surface area contributed by atoms with Gasteiger partial charge in [-0.3, -0.25) is 9.59 Å². The summed E-state index contributed by atoms with van der Waals surface area (Å²) in [7, 11) is -4.29. The maximum absolute atomic E-state index is 13.0. The summed E-state index contributed by atoms with van der Waals surface area (Å²) in [6, 6.07) is 9.04. The van der Waals surface area contributed by atoms with E-state index in [2.05, 4.69) is 39.5 Å². The molecule has 4 fully saturated rings. The van der Waals surface area contributed by atoms with E-state index in [1.165, 1.54) is 22.9 Å². The fourth-order valence-electron chi connectivity index (χ4n) is 7.65. The molecule has 2 spiro atoms. The Balaban J connectivity index is 0.921. The van der Waals surface area contributed by atoms with Crippen molar-refractivity contribution in [2.45, 2.75) is 69.4 Å². The van der Waals surface area contributed by atoms with E-state index in [4.69, 9.17) is 16.3 Å². The summed E-state index contributed by atoms with van der Waals surface area (Å²) in [6.45, 7) is 6.05. The number of ketones is 1. The third-order valence-electron chi connectivity index (χ3n) is 10.1. The molecule has 0 bridgehead atoms. The van der Waals surface area contributed by atoms with Crippen LogP contribution in [-0.2, 0) is 14.8 Å². The van der Waals surface area contributed by atoms with Crippen molar-refractivity contribution in [1.29, 1.82) is 0 Å². The molecule has 4 aliphatic rings. The predicted octanol–water partition coefficient (Wildman–Crippen LogP) is 4.15. The van der Waals surface area contributed by atoms with E-state index in [0.717, 1.165) is 51.5 Å². The van der Waals surface area contributed by atoms with Crippen molar-refractivity contribution < 1.29 is 22.7 Å². The lowest BCUT2D eigenvalue weighted by atomic mass is 9.94. The standard InChI is InChI=1S/C32H38ClN7O5S/c1-30(2)17-20(18-35-30)5-4-15-34-23-6-3-7-26(36-23)46(43,44)39-29(42)21-8-9-24(37-28(21)33)40-16-10-25(38-40)45-19-22(41)27-31(11-12-31)32(27)13-14-32/h3,6-10,16,20,27,35H,4-5,11-15,17-19H2,1-2H3,(H,34,36)(H,39,42)/t20-/m0/s1. The second-order valence-corrected chi connectivity index (χ2v) is 15.8. The van der Waals surface area contributed by atoms with E-state index in [9.17, 15) is 18.0 Å². The largest absolute Gasteiger partial charge is 0.469 e. The minimum atomic E-state index is -4.29. The monoisotopic (exact) mass is 667 g/mol. The molecule has 0 aromatic carbocycles. The number of rotatable bonds is 13. The fourth-order valence-corrected chi connectivity index (χ4v) is 8.82. The van der Waals surface area contributed by atoms with Crippen LogP contribution >= 0.6 is 11.6 Å². The van der Waals surface area contributed by atoms with Crippen LogP contribution in [0.15, 0.2) is 47.6 Å². The molecular weight excluding hydrogens is 630 g/mol. The molecule has 0 radical (unpaired) electrons.